The lowest BCUT2D eigenvalue weighted by molar-refractivity contribution is 0.0584. The van der Waals surface area contributed by atoms with Crippen LogP contribution in [0.1, 0.15) is 16.8 Å². The smallest absolute Gasteiger partial charge is 0.253 e. The molecule has 0 spiro atoms. The molecule has 3 rings (SSSR count). The zero-order valence-corrected chi connectivity index (χ0v) is 12.6. The Kier molecular flexibility index (Phi) is 4.42. The molecule has 1 N–H and O–H groups in total. The molecule has 2 saturated heterocycles. The summed E-state index contributed by atoms with van der Waals surface area (Å²) in [6, 6.07) is 4.75. The fourth-order valence-corrected chi connectivity index (χ4v) is 3.23. The van der Waals surface area contributed by atoms with Crippen LogP contribution in [0.5, 0.6) is 0 Å². The first-order valence-corrected chi connectivity index (χ1v) is 7.72. The van der Waals surface area contributed by atoms with Gasteiger partial charge in [-0.15, -0.1) is 0 Å². The average molecular weight is 312 g/mol. The van der Waals surface area contributed by atoms with E-state index in [1.807, 2.05) is 4.90 Å². The van der Waals surface area contributed by atoms with Gasteiger partial charge in [0.2, 0.25) is 0 Å². The van der Waals surface area contributed by atoms with Gasteiger partial charge in [0.25, 0.3) is 5.91 Å². The van der Waals surface area contributed by atoms with Crippen molar-refractivity contribution in [3.63, 3.8) is 0 Å². The fraction of sp³-hybridized carbons (Fsp3) is 0.533. The van der Waals surface area contributed by atoms with Crippen LogP contribution in [0.3, 0.4) is 0 Å². The minimum Gasteiger partial charge on any atom is -0.336 e. The minimum absolute atomic E-state index is 0.00323. The normalized spacial score (nSPS) is 23.5. The first-order valence-electron chi connectivity index (χ1n) is 7.34. The van der Waals surface area contributed by atoms with Crippen molar-refractivity contribution in [3.8, 4) is 0 Å². The molecule has 2 aliphatic rings. The number of amides is 1. The molecule has 1 aromatic rings. The molecule has 1 aromatic carbocycles. The molecule has 4 nitrogen and oxygen atoms in total. The van der Waals surface area contributed by atoms with Crippen molar-refractivity contribution in [1.82, 2.24) is 15.1 Å². The molecule has 0 aliphatic carbocycles. The summed E-state index contributed by atoms with van der Waals surface area (Å²) in [5, 5.41) is 3.37. The predicted octanol–water partition coefficient (Wildman–Crippen LogP) is 1.60. The van der Waals surface area contributed by atoms with Gasteiger partial charge >= 0.3 is 0 Å². The van der Waals surface area contributed by atoms with Crippen LogP contribution in [0.15, 0.2) is 18.2 Å². The predicted molar refractivity (Wildman–Crippen MR) is 80.2 cm³/mol. The Hall–Kier alpha value is -1.17. The molecule has 1 amide bonds. The molecule has 0 aromatic heterocycles. The molecule has 1 atom stereocenters. The molecule has 2 aliphatic heterocycles. The van der Waals surface area contributed by atoms with Crippen molar-refractivity contribution in [3.05, 3.63) is 34.6 Å². The third-order valence-corrected chi connectivity index (χ3v) is 4.61. The largest absolute Gasteiger partial charge is 0.336 e. The highest BCUT2D eigenvalue weighted by Gasteiger charge is 2.28. The van der Waals surface area contributed by atoms with Crippen molar-refractivity contribution in [2.75, 3.05) is 39.3 Å². The van der Waals surface area contributed by atoms with Gasteiger partial charge in [0.1, 0.15) is 5.82 Å². The van der Waals surface area contributed by atoms with Gasteiger partial charge in [0.15, 0.2) is 0 Å². The highest BCUT2D eigenvalue weighted by atomic mass is 35.5. The molecule has 0 bridgehead atoms. The van der Waals surface area contributed by atoms with Crippen molar-refractivity contribution in [2.45, 2.75) is 12.5 Å². The Morgan fingerprint density at radius 2 is 2.05 bits per heavy atom. The van der Waals surface area contributed by atoms with Crippen LogP contribution < -0.4 is 5.32 Å². The van der Waals surface area contributed by atoms with Crippen molar-refractivity contribution >= 4 is 17.5 Å². The van der Waals surface area contributed by atoms with E-state index in [1.165, 1.54) is 24.6 Å². The quantitative estimate of drug-likeness (QED) is 0.901. The molecule has 0 saturated carbocycles. The van der Waals surface area contributed by atoms with Crippen LogP contribution in [0.25, 0.3) is 0 Å². The van der Waals surface area contributed by atoms with E-state index in [0.717, 1.165) is 26.2 Å². The summed E-state index contributed by atoms with van der Waals surface area (Å²) in [4.78, 5) is 16.7. The van der Waals surface area contributed by atoms with E-state index in [0.29, 0.717) is 24.7 Å². The van der Waals surface area contributed by atoms with Crippen LogP contribution in [-0.2, 0) is 0 Å². The van der Waals surface area contributed by atoms with E-state index in [9.17, 15) is 9.18 Å². The summed E-state index contributed by atoms with van der Waals surface area (Å²) >= 11 is 5.75. The Morgan fingerprint density at radius 3 is 2.67 bits per heavy atom. The molecular weight excluding hydrogens is 293 g/mol. The Bertz CT molecular complexity index is 526. The van der Waals surface area contributed by atoms with Gasteiger partial charge in [-0.3, -0.25) is 9.69 Å². The highest BCUT2D eigenvalue weighted by Crippen LogP contribution is 2.19. The summed E-state index contributed by atoms with van der Waals surface area (Å²) in [7, 11) is 0. The summed E-state index contributed by atoms with van der Waals surface area (Å²) in [5.74, 6) is -0.562. The van der Waals surface area contributed by atoms with Crippen LogP contribution in [0.4, 0.5) is 4.39 Å². The lowest BCUT2D eigenvalue weighted by atomic mass is 10.1. The van der Waals surface area contributed by atoms with Gasteiger partial charge in [0, 0.05) is 44.3 Å². The SMILES string of the molecule is O=C(c1ccc(F)c(Cl)c1)N1CCN(C2CCNC2)CC1. The lowest BCUT2D eigenvalue weighted by Crippen LogP contribution is -2.52. The first-order chi connectivity index (χ1) is 10.1. The summed E-state index contributed by atoms with van der Waals surface area (Å²) in [6.45, 7) is 5.34. The maximum atomic E-state index is 13.2. The van der Waals surface area contributed by atoms with Crippen molar-refractivity contribution < 1.29 is 9.18 Å². The molecular formula is C15H19ClFN3O. The van der Waals surface area contributed by atoms with Gasteiger partial charge in [-0.1, -0.05) is 11.6 Å². The number of hydrogen-bond acceptors (Lipinski definition) is 3. The zero-order chi connectivity index (χ0) is 14.8. The van der Waals surface area contributed by atoms with Gasteiger partial charge in [-0.05, 0) is 31.2 Å². The minimum atomic E-state index is -0.494. The van der Waals surface area contributed by atoms with E-state index in [4.69, 9.17) is 11.6 Å². The molecule has 6 heteroatoms. The second-order valence-electron chi connectivity index (χ2n) is 5.60. The number of carbonyl (C=O) groups excluding carboxylic acids is 1. The van der Waals surface area contributed by atoms with Crippen LogP contribution in [0.2, 0.25) is 5.02 Å². The van der Waals surface area contributed by atoms with Crippen LogP contribution in [0, 0.1) is 5.82 Å². The topological polar surface area (TPSA) is 35.6 Å². The van der Waals surface area contributed by atoms with Gasteiger partial charge in [0.05, 0.1) is 5.02 Å². The molecule has 0 radical (unpaired) electrons. The Morgan fingerprint density at radius 1 is 1.29 bits per heavy atom. The Balaban J connectivity index is 1.60. The summed E-state index contributed by atoms with van der Waals surface area (Å²) in [6.07, 6.45) is 1.18. The second-order valence-corrected chi connectivity index (χ2v) is 6.01. The summed E-state index contributed by atoms with van der Waals surface area (Å²) in [5.41, 5.74) is 0.456. The number of nitrogens with one attached hydrogen (secondary N) is 1. The third kappa shape index (κ3) is 3.20. The number of halogens is 2. The maximum absolute atomic E-state index is 13.2. The monoisotopic (exact) mass is 311 g/mol. The molecule has 114 valence electrons. The number of benzene rings is 1. The molecule has 2 fully saturated rings. The van der Waals surface area contributed by atoms with E-state index in [-0.39, 0.29) is 10.9 Å². The van der Waals surface area contributed by atoms with Crippen molar-refractivity contribution in [1.29, 1.82) is 0 Å². The van der Waals surface area contributed by atoms with Gasteiger partial charge in [-0.25, -0.2) is 4.39 Å². The second kappa shape index (κ2) is 6.30. The van der Waals surface area contributed by atoms with Crippen LogP contribution >= 0.6 is 11.6 Å². The van der Waals surface area contributed by atoms with E-state index in [2.05, 4.69) is 10.2 Å². The average Bonchev–Trinajstić information content (AvgIpc) is 3.04. The highest BCUT2D eigenvalue weighted by molar-refractivity contribution is 6.31. The number of rotatable bonds is 2. The maximum Gasteiger partial charge on any atom is 0.253 e. The number of nitrogens with zero attached hydrogens (tertiary/aromatic N) is 2. The van der Waals surface area contributed by atoms with E-state index < -0.39 is 5.82 Å². The molecule has 21 heavy (non-hydrogen) atoms. The fourth-order valence-electron chi connectivity index (χ4n) is 3.05. The van der Waals surface area contributed by atoms with E-state index >= 15 is 0 Å². The lowest BCUT2D eigenvalue weighted by Gasteiger charge is -2.37. The van der Waals surface area contributed by atoms with Gasteiger partial charge < -0.3 is 10.2 Å². The third-order valence-electron chi connectivity index (χ3n) is 4.32. The molecule has 1 unspecified atom stereocenters. The van der Waals surface area contributed by atoms with Gasteiger partial charge in [-0.2, -0.15) is 0 Å². The summed E-state index contributed by atoms with van der Waals surface area (Å²) < 4.78 is 13.2. The zero-order valence-electron chi connectivity index (χ0n) is 11.8. The molecule has 2 heterocycles. The first kappa shape index (κ1) is 14.8. The number of piperazine rings is 1. The number of hydrogen-bond donors (Lipinski definition) is 1. The number of carbonyl (C=O) groups is 1. The van der Waals surface area contributed by atoms with E-state index in [1.54, 1.807) is 0 Å². The Labute approximate surface area is 128 Å². The van der Waals surface area contributed by atoms with Crippen LogP contribution in [-0.4, -0.2) is 61.0 Å². The standard InChI is InChI=1S/C15H19ClFN3O/c16-13-9-11(1-2-14(13)17)15(21)20-7-5-19(6-8-20)12-3-4-18-10-12/h1-2,9,12,18H,3-8,10H2. The van der Waals surface area contributed by atoms with Crippen molar-refractivity contribution in [2.24, 2.45) is 0 Å².